The summed E-state index contributed by atoms with van der Waals surface area (Å²) in [6, 6.07) is 6.98. The third-order valence-electron chi connectivity index (χ3n) is 4.47. The number of benzene rings is 1. The Morgan fingerprint density at radius 3 is 2.38 bits per heavy atom. The average molecular weight is 452 g/mol. The first-order chi connectivity index (χ1) is 15.2. The van der Waals surface area contributed by atoms with Gasteiger partial charge in [-0.3, -0.25) is 19.8 Å². The standard InChI is InChI=1S/C22H37N5O5/c1-4-31-16-25-27-21(30)12-11-19(28)24-14-13-22(2,3)32-15-5-6-20(29)26-18-9-7-17(23)8-10-18/h7-10,25H,4-6,11-16,23H2,1-3H3,(H,24,28)(H,26,29)(H,27,30). The van der Waals surface area contributed by atoms with Crippen LogP contribution in [0.1, 0.15) is 52.9 Å². The average Bonchev–Trinajstić information content (AvgIpc) is 2.74. The van der Waals surface area contributed by atoms with Gasteiger partial charge in [0.05, 0.1) is 5.60 Å². The van der Waals surface area contributed by atoms with E-state index in [9.17, 15) is 14.4 Å². The van der Waals surface area contributed by atoms with Gasteiger partial charge in [0.1, 0.15) is 6.73 Å². The molecule has 0 fully saturated rings. The zero-order valence-corrected chi connectivity index (χ0v) is 19.3. The Bertz CT molecular complexity index is 709. The Kier molecular flexibility index (Phi) is 13.0. The number of hydrazine groups is 1. The summed E-state index contributed by atoms with van der Waals surface area (Å²) in [5.74, 6) is -0.551. The summed E-state index contributed by atoms with van der Waals surface area (Å²) in [5, 5.41) is 5.61. The Morgan fingerprint density at radius 1 is 1.00 bits per heavy atom. The number of hydrogen-bond acceptors (Lipinski definition) is 7. The van der Waals surface area contributed by atoms with Crippen molar-refractivity contribution in [2.75, 3.05) is 37.5 Å². The van der Waals surface area contributed by atoms with Crippen molar-refractivity contribution in [1.82, 2.24) is 16.2 Å². The number of ether oxygens (including phenoxy) is 2. The summed E-state index contributed by atoms with van der Waals surface area (Å²) < 4.78 is 10.9. The topological polar surface area (TPSA) is 144 Å². The molecule has 1 aromatic rings. The van der Waals surface area contributed by atoms with Crippen molar-refractivity contribution < 1.29 is 23.9 Å². The minimum atomic E-state index is -0.443. The zero-order valence-electron chi connectivity index (χ0n) is 19.3. The van der Waals surface area contributed by atoms with Gasteiger partial charge < -0.3 is 25.8 Å². The minimum Gasteiger partial charge on any atom is -0.399 e. The number of carbonyl (C=O) groups excluding carboxylic acids is 3. The van der Waals surface area contributed by atoms with Crippen LogP contribution in [-0.4, -0.2) is 49.8 Å². The fraction of sp³-hybridized carbons (Fsp3) is 0.591. The third kappa shape index (κ3) is 13.6. The maximum absolute atomic E-state index is 12.0. The molecule has 1 aromatic carbocycles. The number of nitrogens with one attached hydrogen (secondary N) is 4. The molecule has 10 heteroatoms. The molecule has 0 spiro atoms. The Labute approximate surface area is 189 Å². The van der Waals surface area contributed by atoms with E-state index >= 15 is 0 Å². The third-order valence-corrected chi connectivity index (χ3v) is 4.47. The van der Waals surface area contributed by atoms with Gasteiger partial charge in [0.25, 0.3) is 0 Å². The van der Waals surface area contributed by atoms with Crippen molar-refractivity contribution in [3.63, 3.8) is 0 Å². The van der Waals surface area contributed by atoms with Crippen LogP contribution in [0.5, 0.6) is 0 Å². The number of rotatable bonds is 16. The van der Waals surface area contributed by atoms with Gasteiger partial charge in [0.15, 0.2) is 0 Å². The van der Waals surface area contributed by atoms with Crippen molar-refractivity contribution in [3.05, 3.63) is 24.3 Å². The molecule has 0 unspecified atom stereocenters. The van der Waals surface area contributed by atoms with Gasteiger partial charge >= 0.3 is 0 Å². The molecule has 0 saturated heterocycles. The van der Waals surface area contributed by atoms with Gasteiger partial charge in [-0.1, -0.05) is 0 Å². The van der Waals surface area contributed by atoms with E-state index in [4.69, 9.17) is 15.2 Å². The van der Waals surface area contributed by atoms with Crippen LogP contribution in [0.3, 0.4) is 0 Å². The van der Waals surface area contributed by atoms with Gasteiger partial charge in [0, 0.05) is 50.4 Å². The maximum atomic E-state index is 12.0. The monoisotopic (exact) mass is 451 g/mol. The van der Waals surface area contributed by atoms with Crippen LogP contribution in [0.25, 0.3) is 0 Å². The van der Waals surface area contributed by atoms with Crippen LogP contribution in [0.4, 0.5) is 11.4 Å². The van der Waals surface area contributed by atoms with Crippen molar-refractivity contribution in [2.45, 2.75) is 58.5 Å². The number of nitrogen functional groups attached to an aromatic ring is 1. The number of carbonyl (C=O) groups is 3. The number of hydrogen-bond donors (Lipinski definition) is 5. The molecular weight excluding hydrogens is 414 g/mol. The van der Waals surface area contributed by atoms with Crippen LogP contribution in [0.2, 0.25) is 0 Å². The quantitative estimate of drug-likeness (QED) is 0.111. The lowest BCUT2D eigenvalue weighted by Crippen LogP contribution is -2.39. The fourth-order valence-corrected chi connectivity index (χ4v) is 2.61. The smallest absolute Gasteiger partial charge is 0.234 e. The Balaban J connectivity index is 2.10. The van der Waals surface area contributed by atoms with E-state index in [1.807, 2.05) is 20.8 Å². The first-order valence-electron chi connectivity index (χ1n) is 10.9. The Morgan fingerprint density at radius 2 is 1.69 bits per heavy atom. The second-order valence-corrected chi connectivity index (χ2v) is 7.84. The Hall–Kier alpha value is -2.69. The minimum absolute atomic E-state index is 0.0828. The summed E-state index contributed by atoms with van der Waals surface area (Å²) in [5.41, 5.74) is 11.6. The lowest BCUT2D eigenvalue weighted by molar-refractivity contribution is -0.127. The van der Waals surface area contributed by atoms with Crippen molar-refractivity contribution in [1.29, 1.82) is 0 Å². The summed E-state index contributed by atoms with van der Waals surface area (Å²) in [4.78, 5) is 35.5. The molecule has 0 atom stereocenters. The van der Waals surface area contributed by atoms with E-state index < -0.39 is 5.60 Å². The molecule has 6 N–H and O–H groups in total. The van der Waals surface area contributed by atoms with Crippen LogP contribution in [-0.2, 0) is 23.9 Å². The highest BCUT2D eigenvalue weighted by molar-refractivity contribution is 5.90. The summed E-state index contributed by atoms with van der Waals surface area (Å²) in [6.45, 7) is 7.36. The van der Waals surface area contributed by atoms with Gasteiger partial charge in [-0.15, -0.1) is 0 Å². The molecule has 0 radical (unpaired) electrons. The number of amides is 3. The molecule has 1 rings (SSSR count). The van der Waals surface area contributed by atoms with Crippen molar-refractivity contribution in [2.24, 2.45) is 0 Å². The lowest BCUT2D eigenvalue weighted by atomic mass is 10.1. The molecule has 0 aliphatic heterocycles. The molecule has 0 aromatic heterocycles. The molecule has 0 saturated carbocycles. The van der Waals surface area contributed by atoms with Crippen LogP contribution >= 0.6 is 0 Å². The molecule has 0 bridgehead atoms. The SMILES string of the molecule is CCOCNNC(=O)CCC(=O)NCCC(C)(C)OCCCC(=O)Nc1ccc(N)cc1. The molecule has 0 aliphatic carbocycles. The second-order valence-electron chi connectivity index (χ2n) is 7.84. The molecule has 0 aliphatic rings. The normalized spacial score (nSPS) is 11.1. The number of anilines is 2. The van der Waals surface area contributed by atoms with Gasteiger partial charge in [-0.2, -0.15) is 0 Å². The van der Waals surface area contributed by atoms with Gasteiger partial charge in [0.2, 0.25) is 17.7 Å². The van der Waals surface area contributed by atoms with E-state index in [1.165, 1.54) is 0 Å². The predicted molar refractivity (Wildman–Crippen MR) is 123 cm³/mol. The first-order valence-corrected chi connectivity index (χ1v) is 10.9. The summed E-state index contributed by atoms with van der Waals surface area (Å²) >= 11 is 0. The molecule has 32 heavy (non-hydrogen) atoms. The first kappa shape index (κ1) is 27.3. The summed E-state index contributed by atoms with van der Waals surface area (Å²) in [6.07, 6.45) is 1.73. The van der Waals surface area contributed by atoms with Crippen LogP contribution in [0, 0.1) is 0 Å². The van der Waals surface area contributed by atoms with E-state index in [1.54, 1.807) is 24.3 Å². The molecule has 180 valence electrons. The van der Waals surface area contributed by atoms with E-state index in [0.717, 1.165) is 0 Å². The molecular formula is C22H37N5O5. The highest BCUT2D eigenvalue weighted by Crippen LogP contribution is 2.15. The second kappa shape index (κ2) is 15.2. The van der Waals surface area contributed by atoms with Crippen LogP contribution in [0.15, 0.2) is 24.3 Å². The summed E-state index contributed by atoms with van der Waals surface area (Å²) in [7, 11) is 0. The van der Waals surface area contributed by atoms with E-state index in [-0.39, 0.29) is 37.3 Å². The van der Waals surface area contributed by atoms with Gasteiger partial charge in [-0.05, 0) is 57.9 Å². The van der Waals surface area contributed by atoms with Gasteiger partial charge in [-0.25, -0.2) is 5.43 Å². The highest BCUT2D eigenvalue weighted by atomic mass is 16.5. The molecule has 10 nitrogen and oxygen atoms in total. The number of nitrogens with two attached hydrogens (primary N) is 1. The highest BCUT2D eigenvalue weighted by Gasteiger charge is 2.18. The van der Waals surface area contributed by atoms with Crippen LogP contribution < -0.4 is 27.2 Å². The maximum Gasteiger partial charge on any atom is 0.234 e. The fourth-order valence-electron chi connectivity index (χ4n) is 2.61. The lowest BCUT2D eigenvalue weighted by Gasteiger charge is -2.25. The predicted octanol–water partition coefficient (Wildman–Crippen LogP) is 1.68. The zero-order chi connectivity index (χ0) is 23.8. The largest absolute Gasteiger partial charge is 0.399 e. The van der Waals surface area contributed by atoms with E-state index in [2.05, 4.69) is 21.5 Å². The molecule has 3 amide bonds. The van der Waals surface area contributed by atoms with Crippen molar-refractivity contribution in [3.8, 4) is 0 Å². The van der Waals surface area contributed by atoms with E-state index in [0.29, 0.717) is 50.4 Å². The molecule has 0 heterocycles. The van der Waals surface area contributed by atoms with Crippen molar-refractivity contribution >= 4 is 29.1 Å².